The summed E-state index contributed by atoms with van der Waals surface area (Å²) in [4.78, 5) is 13.9. The molecule has 0 spiro atoms. The Morgan fingerprint density at radius 2 is 1.83 bits per heavy atom. The number of amides is 1. The van der Waals surface area contributed by atoms with Crippen molar-refractivity contribution in [3.05, 3.63) is 59.7 Å². The molecule has 0 N–H and O–H groups in total. The highest BCUT2D eigenvalue weighted by Crippen LogP contribution is 2.14. The van der Waals surface area contributed by atoms with E-state index in [1.54, 1.807) is 12.0 Å². The molecule has 0 saturated heterocycles. The SMILES string of the molecule is COc1ccc(CCC(=O)N(C)CCOc2cccc(C)c2)cc1. The average Bonchev–Trinajstić information content (AvgIpc) is 2.60. The molecule has 4 nitrogen and oxygen atoms in total. The topological polar surface area (TPSA) is 38.8 Å². The van der Waals surface area contributed by atoms with Gasteiger partial charge < -0.3 is 14.4 Å². The van der Waals surface area contributed by atoms with Crippen LogP contribution in [0.5, 0.6) is 11.5 Å². The van der Waals surface area contributed by atoms with Gasteiger partial charge in [0.2, 0.25) is 5.91 Å². The molecule has 0 fully saturated rings. The van der Waals surface area contributed by atoms with Crippen molar-refractivity contribution < 1.29 is 14.3 Å². The number of hydrogen-bond acceptors (Lipinski definition) is 3. The van der Waals surface area contributed by atoms with Gasteiger partial charge in [-0.1, -0.05) is 24.3 Å². The van der Waals surface area contributed by atoms with Crippen molar-refractivity contribution in [2.24, 2.45) is 0 Å². The highest BCUT2D eigenvalue weighted by Gasteiger charge is 2.09. The number of nitrogens with zero attached hydrogens (tertiary/aromatic N) is 1. The summed E-state index contributed by atoms with van der Waals surface area (Å²) in [7, 11) is 3.46. The molecule has 2 rings (SSSR count). The quantitative estimate of drug-likeness (QED) is 0.745. The lowest BCUT2D eigenvalue weighted by Gasteiger charge is -2.17. The van der Waals surface area contributed by atoms with Crippen molar-refractivity contribution in [3.8, 4) is 11.5 Å². The lowest BCUT2D eigenvalue weighted by atomic mass is 10.1. The second-order valence-corrected chi connectivity index (χ2v) is 5.83. The Hall–Kier alpha value is -2.49. The minimum Gasteiger partial charge on any atom is -0.497 e. The van der Waals surface area contributed by atoms with Gasteiger partial charge in [-0.3, -0.25) is 4.79 Å². The van der Waals surface area contributed by atoms with Gasteiger partial charge in [0.1, 0.15) is 18.1 Å². The maximum atomic E-state index is 12.2. The summed E-state index contributed by atoms with van der Waals surface area (Å²) < 4.78 is 10.8. The summed E-state index contributed by atoms with van der Waals surface area (Å²) in [5, 5.41) is 0. The van der Waals surface area contributed by atoms with Crippen molar-refractivity contribution in [1.82, 2.24) is 4.90 Å². The van der Waals surface area contributed by atoms with Crippen LogP contribution in [0.2, 0.25) is 0 Å². The Kier molecular flexibility index (Phi) is 6.67. The van der Waals surface area contributed by atoms with Gasteiger partial charge in [0, 0.05) is 13.5 Å². The second kappa shape index (κ2) is 8.96. The monoisotopic (exact) mass is 327 g/mol. The molecule has 0 bridgehead atoms. The Morgan fingerprint density at radius 3 is 2.50 bits per heavy atom. The van der Waals surface area contributed by atoms with Crippen LogP contribution in [0.25, 0.3) is 0 Å². The van der Waals surface area contributed by atoms with E-state index in [0.717, 1.165) is 29.0 Å². The summed E-state index contributed by atoms with van der Waals surface area (Å²) in [6.45, 7) is 3.10. The summed E-state index contributed by atoms with van der Waals surface area (Å²) in [5.41, 5.74) is 2.30. The Morgan fingerprint density at radius 1 is 1.08 bits per heavy atom. The smallest absolute Gasteiger partial charge is 0.222 e. The molecule has 128 valence electrons. The molecule has 0 aliphatic carbocycles. The molecule has 2 aromatic rings. The van der Waals surface area contributed by atoms with E-state index in [9.17, 15) is 4.79 Å². The van der Waals surface area contributed by atoms with Crippen molar-refractivity contribution in [2.45, 2.75) is 19.8 Å². The minimum absolute atomic E-state index is 0.124. The predicted octanol–water partition coefficient (Wildman–Crippen LogP) is 3.47. The van der Waals surface area contributed by atoms with Gasteiger partial charge >= 0.3 is 0 Å². The molecule has 0 unspecified atom stereocenters. The number of aryl methyl sites for hydroxylation is 2. The maximum absolute atomic E-state index is 12.2. The number of hydrogen-bond donors (Lipinski definition) is 0. The molecule has 0 aromatic heterocycles. The van der Waals surface area contributed by atoms with Crippen LogP contribution in [0, 0.1) is 6.92 Å². The number of benzene rings is 2. The molecular weight excluding hydrogens is 302 g/mol. The van der Waals surface area contributed by atoms with Crippen LogP contribution in [0.1, 0.15) is 17.5 Å². The average molecular weight is 327 g/mol. The van der Waals surface area contributed by atoms with Gasteiger partial charge in [0.15, 0.2) is 0 Å². The van der Waals surface area contributed by atoms with Crippen molar-refractivity contribution in [3.63, 3.8) is 0 Å². The summed E-state index contributed by atoms with van der Waals surface area (Å²) in [6.07, 6.45) is 1.22. The number of methoxy groups -OCH3 is 1. The number of likely N-dealkylation sites (N-methyl/N-ethyl adjacent to an activating group) is 1. The van der Waals surface area contributed by atoms with Crippen LogP contribution in [-0.4, -0.2) is 38.1 Å². The van der Waals surface area contributed by atoms with E-state index in [-0.39, 0.29) is 5.91 Å². The van der Waals surface area contributed by atoms with Crippen LogP contribution in [0.3, 0.4) is 0 Å². The van der Waals surface area contributed by atoms with Gasteiger partial charge in [-0.15, -0.1) is 0 Å². The van der Waals surface area contributed by atoms with Gasteiger partial charge in [-0.05, 0) is 48.7 Å². The minimum atomic E-state index is 0.124. The number of ether oxygens (including phenoxy) is 2. The molecule has 0 atom stereocenters. The van der Waals surface area contributed by atoms with E-state index in [2.05, 4.69) is 0 Å². The summed E-state index contributed by atoms with van der Waals surface area (Å²) in [6, 6.07) is 15.7. The third-order valence-electron chi connectivity index (χ3n) is 3.90. The Labute approximate surface area is 144 Å². The van der Waals surface area contributed by atoms with Gasteiger partial charge in [-0.2, -0.15) is 0 Å². The first-order valence-electron chi connectivity index (χ1n) is 8.15. The Bertz CT molecular complexity index is 652. The molecule has 0 aliphatic rings. The zero-order valence-corrected chi connectivity index (χ0v) is 14.6. The fourth-order valence-corrected chi connectivity index (χ4v) is 2.36. The number of rotatable bonds is 8. The third kappa shape index (κ3) is 5.61. The molecule has 1 amide bonds. The molecule has 24 heavy (non-hydrogen) atoms. The lowest BCUT2D eigenvalue weighted by Crippen LogP contribution is -2.31. The highest BCUT2D eigenvalue weighted by atomic mass is 16.5. The third-order valence-corrected chi connectivity index (χ3v) is 3.90. The molecule has 4 heteroatoms. The standard InChI is InChI=1S/C20H25NO3/c1-16-5-4-6-19(15-16)24-14-13-21(2)20(22)12-9-17-7-10-18(23-3)11-8-17/h4-8,10-11,15H,9,12-14H2,1-3H3. The first-order valence-corrected chi connectivity index (χ1v) is 8.15. The zero-order valence-electron chi connectivity index (χ0n) is 14.6. The van der Waals surface area contributed by atoms with Crippen LogP contribution in [-0.2, 0) is 11.2 Å². The van der Waals surface area contributed by atoms with Gasteiger partial charge in [0.25, 0.3) is 0 Å². The molecular formula is C20H25NO3. The van der Waals surface area contributed by atoms with E-state index in [4.69, 9.17) is 9.47 Å². The number of carbonyl (C=O) groups excluding carboxylic acids is 1. The Balaban J connectivity index is 1.71. The maximum Gasteiger partial charge on any atom is 0.222 e. The van der Waals surface area contributed by atoms with E-state index >= 15 is 0 Å². The molecule has 2 aromatic carbocycles. The lowest BCUT2D eigenvalue weighted by molar-refractivity contribution is -0.130. The van der Waals surface area contributed by atoms with Gasteiger partial charge in [-0.25, -0.2) is 0 Å². The first kappa shape index (κ1) is 17.9. The fraction of sp³-hybridized carbons (Fsp3) is 0.350. The summed E-state index contributed by atoms with van der Waals surface area (Å²) >= 11 is 0. The first-order chi connectivity index (χ1) is 11.6. The van der Waals surface area contributed by atoms with E-state index in [1.165, 1.54) is 0 Å². The molecule has 0 saturated carbocycles. The second-order valence-electron chi connectivity index (χ2n) is 5.83. The molecule has 0 aliphatic heterocycles. The van der Waals surface area contributed by atoms with Crippen LogP contribution < -0.4 is 9.47 Å². The predicted molar refractivity (Wildman–Crippen MR) is 95.6 cm³/mol. The van der Waals surface area contributed by atoms with Crippen LogP contribution in [0.15, 0.2) is 48.5 Å². The number of carbonyl (C=O) groups is 1. The normalized spacial score (nSPS) is 10.3. The van der Waals surface area contributed by atoms with Gasteiger partial charge in [0.05, 0.1) is 13.7 Å². The van der Waals surface area contributed by atoms with Crippen molar-refractivity contribution in [1.29, 1.82) is 0 Å². The van der Waals surface area contributed by atoms with Crippen molar-refractivity contribution in [2.75, 3.05) is 27.3 Å². The fourth-order valence-electron chi connectivity index (χ4n) is 2.36. The van der Waals surface area contributed by atoms with E-state index in [1.807, 2.05) is 62.5 Å². The highest BCUT2D eigenvalue weighted by molar-refractivity contribution is 5.76. The van der Waals surface area contributed by atoms with Crippen LogP contribution >= 0.6 is 0 Å². The van der Waals surface area contributed by atoms with Crippen LogP contribution in [0.4, 0.5) is 0 Å². The van der Waals surface area contributed by atoms with Crippen molar-refractivity contribution >= 4 is 5.91 Å². The largest absolute Gasteiger partial charge is 0.497 e. The molecule has 0 radical (unpaired) electrons. The summed E-state index contributed by atoms with van der Waals surface area (Å²) in [5.74, 6) is 1.79. The van der Waals surface area contributed by atoms with E-state index in [0.29, 0.717) is 19.6 Å². The van der Waals surface area contributed by atoms with E-state index < -0.39 is 0 Å². The molecule has 0 heterocycles. The zero-order chi connectivity index (χ0) is 17.4.